The number of alkyl halides is 3. The summed E-state index contributed by atoms with van der Waals surface area (Å²) >= 11 is 0. The van der Waals surface area contributed by atoms with Crippen LogP contribution in [0.2, 0.25) is 0 Å². The van der Waals surface area contributed by atoms with Crippen LogP contribution < -0.4 is 16.2 Å². The van der Waals surface area contributed by atoms with Crippen LogP contribution in [0.5, 0.6) is 5.75 Å². The van der Waals surface area contributed by atoms with Gasteiger partial charge in [0.05, 0.1) is 0 Å². The summed E-state index contributed by atoms with van der Waals surface area (Å²) in [5.41, 5.74) is 11.6. The van der Waals surface area contributed by atoms with E-state index in [1.807, 2.05) is 0 Å². The molecule has 0 saturated carbocycles. The average Bonchev–Trinajstić information content (AvgIpc) is 2.27. The second-order valence-electron chi connectivity index (χ2n) is 3.98. The first-order valence-electron chi connectivity index (χ1n) is 5.74. The maximum absolute atomic E-state index is 12.2. The lowest BCUT2D eigenvalue weighted by molar-refractivity contribution is -0.275. The van der Waals surface area contributed by atoms with Gasteiger partial charge in [-0.15, -0.1) is 13.2 Å². The van der Waals surface area contributed by atoms with Gasteiger partial charge in [0.25, 0.3) is 0 Å². The van der Waals surface area contributed by atoms with Crippen LogP contribution >= 0.6 is 0 Å². The number of hydrogen-bond donors (Lipinski definition) is 2. The molecule has 1 aromatic carbocycles. The molecule has 102 valence electrons. The van der Waals surface area contributed by atoms with Gasteiger partial charge in [-0.2, -0.15) is 0 Å². The maximum atomic E-state index is 12.2. The van der Waals surface area contributed by atoms with Crippen molar-refractivity contribution >= 4 is 0 Å². The highest BCUT2D eigenvalue weighted by atomic mass is 19.4. The SMILES string of the molecule is NCCCC[C@H](N)c1ccccc1OC(F)(F)F. The molecule has 0 saturated heterocycles. The molecule has 0 aliphatic rings. The smallest absolute Gasteiger partial charge is 0.405 e. The monoisotopic (exact) mass is 262 g/mol. The van der Waals surface area contributed by atoms with Gasteiger partial charge >= 0.3 is 6.36 Å². The predicted octanol–water partition coefficient (Wildman–Crippen LogP) is 2.71. The van der Waals surface area contributed by atoms with Gasteiger partial charge in [-0.05, 0) is 25.5 Å². The van der Waals surface area contributed by atoms with E-state index in [1.165, 1.54) is 12.1 Å². The third-order valence-electron chi connectivity index (χ3n) is 2.51. The van der Waals surface area contributed by atoms with E-state index in [2.05, 4.69) is 4.74 Å². The number of rotatable bonds is 6. The number of para-hydroxylation sites is 1. The molecule has 0 spiro atoms. The van der Waals surface area contributed by atoms with Gasteiger partial charge in [0.2, 0.25) is 0 Å². The Kier molecular flexibility index (Phi) is 5.43. The second kappa shape index (κ2) is 6.61. The minimum absolute atomic E-state index is 0.231. The highest BCUT2D eigenvalue weighted by Crippen LogP contribution is 2.31. The van der Waals surface area contributed by atoms with Crippen molar-refractivity contribution in [2.75, 3.05) is 6.54 Å². The fourth-order valence-electron chi connectivity index (χ4n) is 1.67. The Morgan fingerprint density at radius 3 is 2.44 bits per heavy atom. The Hall–Kier alpha value is -1.27. The predicted molar refractivity (Wildman–Crippen MR) is 63.0 cm³/mol. The summed E-state index contributed by atoms with van der Waals surface area (Å²) in [6.07, 6.45) is -2.55. The van der Waals surface area contributed by atoms with E-state index < -0.39 is 12.4 Å². The largest absolute Gasteiger partial charge is 0.573 e. The Bertz CT molecular complexity index is 369. The standard InChI is InChI=1S/C12H17F3N2O/c13-12(14,15)18-11-7-2-1-5-9(11)10(17)6-3-4-8-16/h1-2,5,7,10H,3-4,6,8,16-17H2/t10-/m0/s1. The van der Waals surface area contributed by atoms with Gasteiger partial charge in [-0.3, -0.25) is 0 Å². The Morgan fingerprint density at radius 2 is 1.83 bits per heavy atom. The summed E-state index contributed by atoms with van der Waals surface area (Å²) in [7, 11) is 0. The molecule has 0 bridgehead atoms. The number of nitrogens with two attached hydrogens (primary N) is 2. The van der Waals surface area contributed by atoms with Crippen LogP contribution in [0.4, 0.5) is 13.2 Å². The van der Waals surface area contributed by atoms with E-state index in [1.54, 1.807) is 12.1 Å². The highest BCUT2D eigenvalue weighted by molar-refractivity contribution is 5.35. The zero-order valence-electron chi connectivity index (χ0n) is 9.91. The van der Waals surface area contributed by atoms with E-state index in [-0.39, 0.29) is 5.75 Å². The van der Waals surface area contributed by atoms with Gasteiger partial charge in [-0.1, -0.05) is 24.6 Å². The summed E-state index contributed by atoms with van der Waals surface area (Å²) in [6, 6.07) is 5.47. The van der Waals surface area contributed by atoms with E-state index in [4.69, 9.17) is 11.5 Å². The number of hydrogen-bond acceptors (Lipinski definition) is 3. The van der Waals surface area contributed by atoms with Crippen molar-refractivity contribution in [1.82, 2.24) is 0 Å². The lowest BCUT2D eigenvalue weighted by Gasteiger charge is -2.17. The maximum Gasteiger partial charge on any atom is 0.573 e. The first-order chi connectivity index (χ1) is 8.44. The van der Waals surface area contributed by atoms with Crippen molar-refractivity contribution in [3.63, 3.8) is 0 Å². The third kappa shape index (κ3) is 4.93. The number of halogens is 3. The van der Waals surface area contributed by atoms with E-state index in [0.29, 0.717) is 18.5 Å². The third-order valence-corrected chi connectivity index (χ3v) is 2.51. The molecule has 1 rings (SSSR count). The molecule has 1 aromatic rings. The van der Waals surface area contributed by atoms with Crippen LogP contribution in [0.1, 0.15) is 30.9 Å². The van der Waals surface area contributed by atoms with Crippen molar-refractivity contribution in [2.45, 2.75) is 31.7 Å². The molecular formula is C12H17F3N2O. The second-order valence-corrected chi connectivity index (χ2v) is 3.98. The zero-order valence-corrected chi connectivity index (χ0v) is 9.91. The molecule has 0 radical (unpaired) electrons. The van der Waals surface area contributed by atoms with Gasteiger partial charge in [0.15, 0.2) is 0 Å². The zero-order chi connectivity index (χ0) is 13.6. The van der Waals surface area contributed by atoms with E-state index in [0.717, 1.165) is 12.8 Å². The molecule has 1 atom stereocenters. The normalized spacial score (nSPS) is 13.4. The van der Waals surface area contributed by atoms with E-state index >= 15 is 0 Å². The number of ether oxygens (including phenoxy) is 1. The fraction of sp³-hybridized carbons (Fsp3) is 0.500. The molecular weight excluding hydrogens is 245 g/mol. The van der Waals surface area contributed by atoms with Gasteiger partial charge in [0, 0.05) is 11.6 Å². The summed E-state index contributed by atoms with van der Waals surface area (Å²) in [4.78, 5) is 0. The molecule has 0 unspecified atom stereocenters. The molecule has 4 N–H and O–H groups in total. The summed E-state index contributed by atoms with van der Waals surface area (Å²) < 4.78 is 40.6. The fourth-order valence-corrected chi connectivity index (χ4v) is 1.67. The van der Waals surface area contributed by atoms with Gasteiger partial charge < -0.3 is 16.2 Å². The van der Waals surface area contributed by atoms with Gasteiger partial charge in [-0.25, -0.2) is 0 Å². The van der Waals surface area contributed by atoms with E-state index in [9.17, 15) is 13.2 Å². The van der Waals surface area contributed by atoms with Crippen molar-refractivity contribution in [1.29, 1.82) is 0 Å². The number of benzene rings is 1. The van der Waals surface area contributed by atoms with Crippen molar-refractivity contribution in [2.24, 2.45) is 11.5 Å². The Labute approximate surface area is 104 Å². The average molecular weight is 262 g/mol. The molecule has 0 aliphatic heterocycles. The summed E-state index contributed by atoms with van der Waals surface area (Å²) in [5.74, 6) is -0.231. The van der Waals surface area contributed by atoms with Crippen LogP contribution in [0.3, 0.4) is 0 Å². The van der Waals surface area contributed by atoms with Crippen LogP contribution in [0.15, 0.2) is 24.3 Å². The number of unbranched alkanes of at least 4 members (excludes halogenated alkanes) is 1. The lowest BCUT2D eigenvalue weighted by Crippen LogP contribution is -2.20. The minimum atomic E-state index is -4.70. The molecule has 0 amide bonds. The molecule has 18 heavy (non-hydrogen) atoms. The van der Waals surface area contributed by atoms with Crippen LogP contribution in [-0.4, -0.2) is 12.9 Å². The van der Waals surface area contributed by atoms with Crippen molar-refractivity contribution in [3.05, 3.63) is 29.8 Å². The molecule has 6 heteroatoms. The molecule has 0 aliphatic carbocycles. The quantitative estimate of drug-likeness (QED) is 0.775. The minimum Gasteiger partial charge on any atom is -0.405 e. The first-order valence-corrected chi connectivity index (χ1v) is 5.74. The molecule has 0 aromatic heterocycles. The van der Waals surface area contributed by atoms with Crippen LogP contribution in [0, 0.1) is 0 Å². The Balaban J connectivity index is 2.74. The summed E-state index contributed by atoms with van der Waals surface area (Å²) in [6.45, 7) is 0.549. The van der Waals surface area contributed by atoms with Crippen molar-refractivity contribution < 1.29 is 17.9 Å². The van der Waals surface area contributed by atoms with Crippen LogP contribution in [-0.2, 0) is 0 Å². The van der Waals surface area contributed by atoms with Crippen molar-refractivity contribution in [3.8, 4) is 5.75 Å². The molecule has 0 fully saturated rings. The lowest BCUT2D eigenvalue weighted by atomic mass is 10.0. The van der Waals surface area contributed by atoms with Crippen LogP contribution in [0.25, 0.3) is 0 Å². The van der Waals surface area contributed by atoms with Gasteiger partial charge in [0.1, 0.15) is 5.75 Å². The topological polar surface area (TPSA) is 61.3 Å². The highest BCUT2D eigenvalue weighted by Gasteiger charge is 2.32. The molecule has 3 nitrogen and oxygen atoms in total. The molecule has 0 heterocycles. The summed E-state index contributed by atoms with van der Waals surface area (Å²) in [5, 5.41) is 0. The first kappa shape index (κ1) is 14.8. The Morgan fingerprint density at radius 1 is 1.17 bits per heavy atom.